The molecule has 34 heavy (non-hydrogen) atoms. The first-order valence-electron chi connectivity index (χ1n) is 12.0. The van der Waals surface area contributed by atoms with Crippen LogP contribution in [0.3, 0.4) is 0 Å². The van der Waals surface area contributed by atoms with Gasteiger partial charge >= 0.3 is 0 Å². The molecule has 2 saturated carbocycles. The Morgan fingerprint density at radius 1 is 1.09 bits per heavy atom. The number of anilines is 3. The van der Waals surface area contributed by atoms with E-state index < -0.39 is 0 Å². The molecule has 3 N–H and O–H groups in total. The number of carbonyl (C=O) groups is 1. The number of nitrogens with one attached hydrogen (secondary N) is 2. The van der Waals surface area contributed by atoms with Crippen LogP contribution in [0.15, 0.2) is 34.9 Å². The third kappa shape index (κ3) is 5.21. The molecule has 0 amide bonds. The average molecular weight is 464 g/mol. The zero-order chi connectivity index (χ0) is 24.1. The topological polar surface area (TPSA) is 113 Å². The highest BCUT2D eigenvalue weighted by molar-refractivity contribution is 5.69. The van der Waals surface area contributed by atoms with Crippen molar-refractivity contribution in [3.05, 3.63) is 47.3 Å². The van der Waals surface area contributed by atoms with Crippen molar-refractivity contribution in [3.8, 4) is 11.3 Å². The first-order valence-corrected chi connectivity index (χ1v) is 12.0. The molecule has 0 aliphatic heterocycles. The van der Waals surface area contributed by atoms with Crippen molar-refractivity contribution in [1.29, 1.82) is 0 Å². The van der Waals surface area contributed by atoms with Crippen molar-refractivity contribution in [2.75, 3.05) is 10.6 Å². The van der Waals surface area contributed by atoms with Crippen molar-refractivity contribution in [2.45, 2.75) is 77.2 Å². The lowest BCUT2D eigenvalue weighted by atomic mass is 9.66. The number of benzene rings is 1. The summed E-state index contributed by atoms with van der Waals surface area (Å²) in [5.41, 5.74) is 5.36. The van der Waals surface area contributed by atoms with Gasteiger partial charge in [-0.3, -0.25) is 4.79 Å². The number of rotatable bonds is 6. The van der Waals surface area contributed by atoms with Gasteiger partial charge in [0.05, 0.1) is 17.0 Å². The molecule has 0 radical (unpaired) electrons. The van der Waals surface area contributed by atoms with E-state index in [1.54, 1.807) is 0 Å². The number of nitrogens with zero attached hydrogens (tertiary/aromatic N) is 3. The second-order valence-corrected chi connectivity index (χ2v) is 9.51. The van der Waals surface area contributed by atoms with E-state index in [-0.39, 0.29) is 6.47 Å². The Kier molecular flexibility index (Phi) is 7.14. The lowest BCUT2D eigenvalue weighted by Crippen LogP contribution is -2.30. The molecule has 180 valence electrons. The maximum absolute atomic E-state index is 8.36. The van der Waals surface area contributed by atoms with Gasteiger partial charge in [-0.1, -0.05) is 43.5 Å². The van der Waals surface area contributed by atoms with Gasteiger partial charge in [-0.15, -0.1) is 0 Å². The maximum atomic E-state index is 8.36. The third-order valence-corrected chi connectivity index (χ3v) is 7.02. The van der Waals surface area contributed by atoms with Crippen molar-refractivity contribution in [3.63, 3.8) is 0 Å². The van der Waals surface area contributed by atoms with Gasteiger partial charge in [0, 0.05) is 17.8 Å². The summed E-state index contributed by atoms with van der Waals surface area (Å²) in [7, 11) is 0. The molecule has 0 bridgehead atoms. The van der Waals surface area contributed by atoms with Crippen LogP contribution in [0.25, 0.3) is 11.3 Å². The zero-order valence-corrected chi connectivity index (χ0v) is 20.1. The molecule has 1 aromatic carbocycles. The van der Waals surface area contributed by atoms with E-state index in [0.717, 1.165) is 34.2 Å². The predicted molar refractivity (Wildman–Crippen MR) is 133 cm³/mol. The number of aromatic nitrogens is 3. The third-order valence-electron chi connectivity index (χ3n) is 7.02. The fourth-order valence-electron chi connectivity index (χ4n) is 4.91. The summed E-state index contributed by atoms with van der Waals surface area (Å²) in [5.74, 6) is 2.20. The molecule has 2 fully saturated rings. The van der Waals surface area contributed by atoms with Crippen LogP contribution in [-0.4, -0.2) is 32.7 Å². The fraction of sp³-hybridized carbons (Fsp3) is 0.462. The van der Waals surface area contributed by atoms with Crippen LogP contribution in [0.2, 0.25) is 0 Å². The van der Waals surface area contributed by atoms with Crippen LogP contribution in [0, 0.1) is 13.8 Å². The first kappa shape index (κ1) is 23.7. The molecule has 8 nitrogen and oxygen atoms in total. The SMILES string of the molecule is Cc1noc(C)c1-c1cc(NC2CCCC2)nc(Nc2ccc(C3(C)CCC3)cc2)n1.O=CO. The fourth-order valence-corrected chi connectivity index (χ4v) is 4.91. The highest BCUT2D eigenvalue weighted by Gasteiger charge is 2.33. The Bertz CT molecular complexity index is 1100. The molecule has 0 atom stereocenters. The molecule has 5 rings (SSSR count). The number of hydrogen-bond donors (Lipinski definition) is 3. The Balaban J connectivity index is 0.000000868. The van der Waals surface area contributed by atoms with E-state index in [2.05, 4.69) is 47.0 Å². The highest BCUT2D eigenvalue weighted by Crippen LogP contribution is 2.43. The molecule has 2 aliphatic carbocycles. The van der Waals surface area contributed by atoms with E-state index >= 15 is 0 Å². The van der Waals surface area contributed by atoms with Crippen LogP contribution >= 0.6 is 0 Å². The van der Waals surface area contributed by atoms with Gasteiger partial charge in [0.1, 0.15) is 11.6 Å². The van der Waals surface area contributed by atoms with Gasteiger partial charge < -0.3 is 20.3 Å². The Morgan fingerprint density at radius 3 is 2.32 bits per heavy atom. The molecule has 0 spiro atoms. The van der Waals surface area contributed by atoms with Gasteiger partial charge in [0.2, 0.25) is 5.95 Å². The molecule has 0 saturated heterocycles. The Morgan fingerprint density at radius 2 is 1.76 bits per heavy atom. The predicted octanol–water partition coefficient (Wildman–Crippen LogP) is 5.99. The summed E-state index contributed by atoms with van der Waals surface area (Å²) in [6, 6.07) is 11.2. The van der Waals surface area contributed by atoms with Crippen molar-refractivity contribution < 1.29 is 14.4 Å². The summed E-state index contributed by atoms with van der Waals surface area (Å²) in [5, 5.41) is 18.0. The van der Waals surface area contributed by atoms with Gasteiger partial charge in [-0.25, -0.2) is 4.98 Å². The molecule has 0 unspecified atom stereocenters. The molecular weight excluding hydrogens is 430 g/mol. The van der Waals surface area contributed by atoms with Gasteiger partial charge in [0.25, 0.3) is 6.47 Å². The summed E-state index contributed by atoms with van der Waals surface area (Å²) < 4.78 is 5.39. The Labute approximate surface area is 200 Å². The van der Waals surface area contributed by atoms with E-state index in [0.29, 0.717) is 17.4 Å². The van der Waals surface area contributed by atoms with Crippen LogP contribution in [0.1, 0.15) is 68.9 Å². The standard InChI is InChI=1S/C25H31N5O.CH2O2/c1-16-23(17(2)31-30-16)21-15-22(26-19-7-4-5-8-19)29-24(28-21)27-20-11-9-18(10-12-20)25(3)13-6-14-25;2-1-3/h9-12,15,19H,4-8,13-14H2,1-3H3,(H2,26,27,28,29);1H,(H,2,3). The minimum absolute atomic E-state index is 0.250. The molecule has 8 heteroatoms. The van der Waals surface area contributed by atoms with E-state index in [9.17, 15) is 0 Å². The molecule has 3 aromatic rings. The zero-order valence-electron chi connectivity index (χ0n) is 20.1. The second kappa shape index (κ2) is 10.2. The van der Waals surface area contributed by atoms with E-state index in [1.807, 2.05) is 19.9 Å². The van der Waals surface area contributed by atoms with Crippen molar-refractivity contribution >= 4 is 23.9 Å². The molecule has 2 heterocycles. The van der Waals surface area contributed by atoms with Gasteiger partial charge in [-0.05, 0) is 62.6 Å². The van der Waals surface area contributed by atoms with Gasteiger partial charge in [0.15, 0.2) is 0 Å². The monoisotopic (exact) mass is 463 g/mol. The first-order chi connectivity index (χ1) is 16.4. The highest BCUT2D eigenvalue weighted by atomic mass is 16.5. The van der Waals surface area contributed by atoms with E-state index in [1.165, 1.54) is 50.5 Å². The van der Waals surface area contributed by atoms with E-state index in [4.69, 9.17) is 24.4 Å². The summed E-state index contributed by atoms with van der Waals surface area (Å²) in [6.07, 6.45) is 8.81. The second-order valence-electron chi connectivity index (χ2n) is 9.51. The smallest absolute Gasteiger partial charge is 0.290 e. The maximum Gasteiger partial charge on any atom is 0.290 e. The minimum atomic E-state index is -0.250. The number of carboxylic acid groups (broad SMARTS) is 1. The van der Waals surface area contributed by atoms with Crippen LogP contribution in [0.4, 0.5) is 17.5 Å². The van der Waals surface area contributed by atoms with Crippen molar-refractivity contribution in [1.82, 2.24) is 15.1 Å². The summed E-state index contributed by atoms with van der Waals surface area (Å²) in [4.78, 5) is 17.9. The van der Waals surface area contributed by atoms with Gasteiger partial charge in [-0.2, -0.15) is 4.98 Å². The minimum Gasteiger partial charge on any atom is -0.483 e. The largest absolute Gasteiger partial charge is 0.483 e. The lowest BCUT2D eigenvalue weighted by Gasteiger charge is -2.39. The molecular formula is C26H33N5O3. The number of hydrogen-bond acceptors (Lipinski definition) is 7. The summed E-state index contributed by atoms with van der Waals surface area (Å²) >= 11 is 0. The van der Waals surface area contributed by atoms with Crippen LogP contribution < -0.4 is 10.6 Å². The lowest BCUT2D eigenvalue weighted by molar-refractivity contribution is -0.122. The number of aryl methyl sites for hydroxylation is 2. The molecule has 2 aromatic heterocycles. The summed E-state index contributed by atoms with van der Waals surface area (Å²) in [6.45, 7) is 5.98. The van der Waals surface area contributed by atoms with Crippen LogP contribution in [-0.2, 0) is 10.2 Å². The molecule has 2 aliphatic rings. The Hall–Kier alpha value is -3.42. The normalized spacial score (nSPS) is 16.8. The average Bonchev–Trinajstić information content (AvgIpc) is 3.42. The quantitative estimate of drug-likeness (QED) is 0.382. The van der Waals surface area contributed by atoms with Crippen molar-refractivity contribution in [2.24, 2.45) is 0 Å². The van der Waals surface area contributed by atoms with Crippen LogP contribution in [0.5, 0.6) is 0 Å².